The molecule has 0 N–H and O–H groups in total. The normalized spacial score (nSPS) is 11.4. The van der Waals surface area contributed by atoms with Gasteiger partial charge < -0.3 is 4.42 Å². The first-order valence-corrected chi connectivity index (χ1v) is 11.8. The average molecular weight is 448 g/mol. The van der Waals surface area contributed by atoms with Gasteiger partial charge in [-0.05, 0) is 63.4 Å². The molecule has 0 aliphatic heterocycles. The number of benzene rings is 5. The maximum Gasteiger partial charge on any atom is 0.136 e. The minimum Gasteiger partial charge on any atom is -0.456 e. The van der Waals surface area contributed by atoms with Crippen LogP contribution in [0.4, 0.5) is 0 Å². The van der Waals surface area contributed by atoms with E-state index in [1.807, 2.05) is 30.5 Å². The van der Waals surface area contributed by atoms with Crippen molar-refractivity contribution in [1.29, 1.82) is 0 Å². The molecule has 0 bridgehead atoms. The molecule has 164 valence electrons. The van der Waals surface area contributed by atoms with Crippen LogP contribution in [0, 0.1) is 0 Å². The van der Waals surface area contributed by atoms with Crippen LogP contribution in [-0.4, -0.2) is 4.98 Å². The predicted molar refractivity (Wildman–Crippen MR) is 145 cm³/mol. The van der Waals surface area contributed by atoms with E-state index in [0.717, 1.165) is 27.8 Å². The van der Waals surface area contributed by atoms with Crippen LogP contribution < -0.4 is 0 Å². The Morgan fingerprint density at radius 3 is 2.17 bits per heavy atom. The van der Waals surface area contributed by atoms with Gasteiger partial charge in [-0.1, -0.05) is 91.0 Å². The zero-order valence-corrected chi connectivity index (χ0v) is 19.0. The molecule has 0 saturated heterocycles. The minimum absolute atomic E-state index is 0.923. The Balaban J connectivity index is 1.49. The van der Waals surface area contributed by atoms with Gasteiger partial charge in [0.25, 0.3) is 0 Å². The molecule has 2 nitrogen and oxygen atoms in total. The summed E-state index contributed by atoms with van der Waals surface area (Å²) in [5.74, 6) is 0. The molecule has 0 saturated carbocycles. The third kappa shape index (κ3) is 3.23. The van der Waals surface area contributed by atoms with Crippen molar-refractivity contribution in [2.45, 2.75) is 0 Å². The largest absolute Gasteiger partial charge is 0.456 e. The van der Waals surface area contributed by atoms with Gasteiger partial charge in [-0.3, -0.25) is 4.98 Å². The molecule has 0 aliphatic rings. The third-order valence-corrected chi connectivity index (χ3v) is 6.76. The summed E-state index contributed by atoms with van der Waals surface area (Å²) in [6.07, 6.45) is 1.85. The lowest BCUT2D eigenvalue weighted by Gasteiger charge is -2.14. The van der Waals surface area contributed by atoms with E-state index in [1.54, 1.807) is 0 Å². The van der Waals surface area contributed by atoms with Gasteiger partial charge in [0.1, 0.15) is 11.2 Å². The lowest BCUT2D eigenvalue weighted by Crippen LogP contribution is -1.90. The van der Waals surface area contributed by atoms with Gasteiger partial charge in [-0.15, -0.1) is 0 Å². The molecular weight excluding hydrogens is 426 g/mol. The van der Waals surface area contributed by atoms with E-state index >= 15 is 0 Å². The molecule has 35 heavy (non-hydrogen) atoms. The highest BCUT2D eigenvalue weighted by molar-refractivity contribution is 6.21. The molecule has 7 rings (SSSR count). The summed E-state index contributed by atoms with van der Waals surface area (Å²) in [4.78, 5) is 4.63. The Morgan fingerprint density at radius 2 is 1.29 bits per heavy atom. The third-order valence-electron chi connectivity index (χ3n) is 6.76. The van der Waals surface area contributed by atoms with Crippen molar-refractivity contribution in [2.75, 3.05) is 0 Å². The van der Waals surface area contributed by atoms with E-state index in [-0.39, 0.29) is 0 Å². The van der Waals surface area contributed by atoms with Gasteiger partial charge >= 0.3 is 0 Å². The van der Waals surface area contributed by atoms with Gasteiger partial charge in [-0.2, -0.15) is 0 Å². The van der Waals surface area contributed by atoms with Gasteiger partial charge in [0.05, 0.1) is 5.69 Å². The monoisotopic (exact) mass is 447 g/mol. The number of furan rings is 1. The molecule has 0 aliphatic carbocycles. The van der Waals surface area contributed by atoms with E-state index in [0.29, 0.717) is 0 Å². The van der Waals surface area contributed by atoms with Crippen LogP contribution in [0.1, 0.15) is 0 Å². The first-order chi connectivity index (χ1) is 17.4. The molecule has 0 spiro atoms. The second-order valence-electron chi connectivity index (χ2n) is 8.78. The Kier molecular flexibility index (Phi) is 4.49. The van der Waals surface area contributed by atoms with E-state index in [1.165, 1.54) is 38.4 Å². The van der Waals surface area contributed by atoms with Gasteiger partial charge in [0.2, 0.25) is 0 Å². The van der Waals surface area contributed by atoms with Crippen molar-refractivity contribution in [3.63, 3.8) is 0 Å². The minimum atomic E-state index is 0.923. The van der Waals surface area contributed by atoms with Crippen molar-refractivity contribution in [2.24, 2.45) is 0 Å². The highest BCUT2D eigenvalue weighted by atomic mass is 16.3. The summed E-state index contributed by atoms with van der Waals surface area (Å²) in [5.41, 5.74) is 8.69. The van der Waals surface area contributed by atoms with E-state index in [2.05, 4.69) is 102 Å². The summed E-state index contributed by atoms with van der Waals surface area (Å²) in [6, 6.07) is 42.4. The number of hydrogen-bond acceptors (Lipinski definition) is 2. The SMILES string of the molecule is c1ccc(-c2cc(-c3cccc4c3ccc3oc5ccccc5c34)ccc2-c2ccccn2)cc1. The van der Waals surface area contributed by atoms with E-state index in [4.69, 9.17) is 4.42 Å². The first-order valence-electron chi connectivity index (χ1n) is 11.8. The summed E-state index contributed by atoms with van der Waals surface area (Å²) < 4.78 is 6.14. The number of hydrogen-bond donors (Lipinski definition) is 0. The Labute approximate surface area is 203 Å². The molecule has 2 heterocycles. The van der Waals surface area contributed by atoms with Crippen molar-refractivity contribution < 1.29 is 4.42 Å². The predicted octanol–water partition coefficient (Wildman–Crippen LogP) is 9.14. The van der Waals surface area contributed by atoms with Crippen LogP contribution in [0.15, 0.2) is 132 Å². The molecule has 0 unspecified atom stereocenters. The fourth-order valence-corrected chi connectivity index (χ4v) is 5.15. The molecule has 5 aromatic carbocycles. The maximum absolute atomic E-state index is 6.14. The molecule has 0 atom stereocenters. The number of aromatic nitrogens is 1. The number of pyridine rings is 1. The fourth-order valence-electron chi connectivity index (χ4n) is 5.15. The van der Waals surface area contributed by atoms with Crippen molar-refractivity contribution in [3.8, 4) is 33.5 Å². The average Bonchev–Trinajstić information content (AvgIpc) is 3.33. The van der Waals surface area contributed by atoms with Crippen LogP contribution in [0.5, 0.6) is 0 Å². The molecule has 0 fully saturated rings. The quantitative estimate of drug-likeness (QED) is 0.270. The van der Waals surface area contributed by atoms with Crippen LogP contribution in [0.2, 0.25) is 0 Å². The van der Waals surface area contributed by atoms with Crippen LogP contribution in [0.25, 0.3) is 66.2 Å². The second-order valence-corrected chi connectivity index (χ2v) is 8.78. The van der Waals surface area contributed by atoms with E-state index < -0.39 is 0 Å². The van der Waals surface area contributed by atoms with Crippen LogP contribution >= 0.6 is 0 Å². The fraction of sp³-hybridized carbons (Fsp3) is 0. The second kappa shape index (κ2) is 7.96. The molecule has 0 amide bonds. The van der Waals surface area contributed by atoms with Crippen molar-refractivity contribution in [3.05, 3.63) is 128 Å². The summed E-state index contributed by atoms with van der Waals surface area (Å²) in [5, 5.41) is 4.75. The lowest BCUT2D eigenvalue weighted by atomic mass is 9.90. The molecule has 7 aromatic rings. The summed E-state index contributed by atoms with van der Waals surface area (Å²) in [7, 11) is 0. The number of fused-ring (bicyclic) bond motifs is 5. The van der Waals surface area contributed by atoms with Gasteiger partial charge in [0, 0.05) is 22.5 Å². The summed E-state index contributed by atoms with van der Waals surface area (Å²) in [6.45, 7) is 0. The molecular formula is C33H21NO. The molecule has 2 heteroatoms. The van der Waals surface area contributed by atoms with Crippen molar-refractivity contribution in [1.82, 2.24) is 4.98 Å². The smallest absolute Gasteiger partial charge is 0.136 e. The first kappa shape index (κ1) is 19.7. The molecule has 0 radical (unpaired) electrons. The number of rotatable bonds is 3. The topological polar surface area (TPSA) is 26.0 Å². The van der Waals surface area contributed by atoms with Crippen molar-refractivity contribution >= 4 is 32.7 Å². The van der Waals surface area contributed by atoms with E-state index in [9.17, 15) is 0 Å². The maximum atomic E-state index is 6.14. The summed E-state index contributed by atoms with van der Waals surface area (Å²) >= 11 is 0. The van der Waals surface area contributed by atoms with Gasteiger partial charge in [0.15, 0.2) is 0 Å². The Hall–Kier alpha value is -4.69. The standard InChI is InChI=1S/C33H21NO/c1-2-9-22(10-3-1)29-21-23(16-17-26(29)30-14-6-7-20-34-30)24-12-8-13-27-25(24)18-19-32-33(27)28-11-4-5-15-31(28)35-32/h1-21H. The lowest BCUT2D eigenvalue weighted by molar-refractivity contribution is 0.669. The zero-order valence-electron chi connectivity index (χ0n) is 19.0. The Morgan fingerprint density at radius 1 is 0.457 bits per heavy atom. The highest BCUT2D eigenvalue weighted by Crippen LogP contribution is 2.40. The van der Waals surface area contributed by atoms with Gasteiger partial charge in [-0.25, -0.2) is 0 Å². The molecule has 2 aromatic heterocycles. The number of para-hydroxylation sites is 1. The highest BCUT2D eigenvalue weighted by Gasteiger charge is 2.15. The van der Waals surface area contributed by atoms with Crippen LogP contribution in [-0.2, 0) is 0 Å². The number of nitrogens with zero attached hydrogens (tertiary/aromatic N) is 1. The van der Waals surface area contributed by atoms with Crippen LogP contribution in [0.3, 0.4) is 0 Å². The zero-order chi connectivity index (χ0) is 23.2. The Bertz CT molecular complexity index is 1830.